The van der Waals surface area contributed by atoms with E-state index in [1.807, 2.05) is 0 Å². The van der Waals surface area contributed by atoms with Crippen molar-refractivity contribution in [3.63, 3.8) is 0 Å². The highest BCUT2D eigenvalue weighted by Gasteiger charge is 2.19. The van der Waals surface area contributed by atoms with Gasteiger partial charge in [0.2, 0.25) is 10.9 Å². The fourth-order valence-electron chi connectivity index (χ4n) is 1.12. The second-order valence-corrected chi connectivity index (χ2v) is 5.60. The van der Waals surface area contributed by atoms with Crippen LogP contribution in [0.5, 0.6) is 0 Å². The van der Waals surface area contributed by atoms with E-state index in [2.05, 4.69) is 13.8 Å². The summed E-state index contributed by atoms with van der Waals surface area (Å²) in [5.74, 6) is 0.939. The van der Waals surface area contributed by atoms with Crippen LogP contribution in [0.2, 0.25) is 0 Å². The van der Waals surface area contributed by atoms with Gasteiger partial charge in [-0.2, -0.15) is 0 Å². The summed E-state index contributed by atoms with van der Waals surface area (Å²) in [6.45, 7) is 4.17. The van der Waals surface area contributed by atoms with Crippen LogP contribution in [0.3, 0.4) is 0 Å². The Morgan fingerprint density at radius 3 is 2.43 bits per heavy atom. The van der Waals surface area contributed by atoms with Gasteiger partial charge in [0, 0.05) is 5.30 Å². The summed E-state index contributed by atoms with van der Waals surface area (Å²) in [6.07, 6.45) is 3.15. The number of hydrogen-bond donors (Lipinski definition) is 0. The van der Waals surface area contributed by atoms with Crippen LogP contribution < -0.4 is 16.2 Å². The van der Waals surface area contributed by atoms with E-state index in [1.54, 1.807) is 11.8 Å². The Morgan fingerprint density at radius 2 is 1.86 bits per heavy atom. The molecule has 1 unspecified atom stereocenters. The Balaban J connectivity index is 2.68. The third-order valence-electron chi connectivity index (χ3n) is 1.87. The van der Waals surface area contributed by atoms with Crippen LogP contribution >= 0.6 is 20.3 Å². The Hall–Kier alpha value is -0.140. The van der Waals surface area contributed by atoms with Crippen LogP contribution in [0.15, 0.2) is 14.5 Å². The van der Waals surface area contributed by atoms with Gasteiger partial charge >= 0.3 is 0 Å². The molecule has 0 aliphatic rings. The average Bonchev–Trinajstić information content (AvgIpc) is 2.21. The molecule has 0 spiro atoms. The summed E-state index contributed by atoms with van der Waals surface area (Å²) in [6, 6.07) is 0. The Bertz CT molecular complexity index is 330. The fraction of sp³-hybridized carbons (Fsp3) is 0.600. The Morgan fingerprint density at radius 1 is 1.14 bits per heavy atom. The summed E-state index contributed by atoms with van der Waals surface area (Å²) in [5, 5.41) is 0.815. The summed E-state index contributed by atoms with van der Waals surface area (Å²) >= 11 is 1.55. The zero-order valence-corrected chi connectivity index (χ0v) is 10.4. The normalized spacial score (nSPS) is 11.9. The van der Waals surface area contributed by atoms with E-state index < -0.39 is 0 Å². The van der Waals surface area contributed by atoms with Crippen LogP contribution in [0.1, 0.15) is 26.7 Å². The van der Waals surface area contributed by atoms with Crippen molar-refractivity contribution >= 4 is 25.6 Å². The van der Waals surface area contributed by atoms with Gasteiger partial charge in [-0.15, -0.1) is 11.8 Å². The van der Waals surface area contributed by atoms with Crippen LogP contribution in [0, 0.1) is 0 Å². The molecular weight excluding hydrogens is 215 g/mol. The maximum atomic E-state index is 11.2. The van der Waals surface area contributed by atoms with E-state index in [9.17, 15) is 9.59 Å². The summed E-state index contributed by atoms with van der Waals surface area (Å²) in [5.41, 5.74) is -0.475. The summed E-state index contributed by atoms with van der Waals surface area (Å²) in [7, 11) is 0.539. The standard InChI is InChI=1S/C10H15O2PS/c1-3-5-13-9-7(11)8(12)10(9)14-6-4-2/h13H,3-6H2,1-2H3. The molecule has 0 saturated heterocycles. The van der Waals surface area contributed by atoms with Gasteiger partial charge < -0.3 is 0 Å². The predicted molar refractivity (Wildman–Crippen MR) is 65.5 cm³/mol. The van der Waals surface area contributed by atoms with Crippen LogP contribution in [0.25, 0.3) is 0 Å². The van der Waals surface area contributed by atoms with Crippen molar-refractivity contribution in [1.82, 2.24) is 0 Å². The molecule has 1 rings (SSSR count). The first-order valence-corrected chi connectivity index (χ1v) is 7.11. The molecule has 0 amide bonds. The largest absolute Gasteiger partial charge is 0.285 e. The number of rotatable bonds is 6. The third-order valence-corrected chi connectivity index (χ3v) is 4.92. The van der Waals surface area contributed by atoms with Crippen molar-refractivity contribution in [2.24, 2.45) is 0 Å². The maximum absolute atomic E-state index is 11.2. The molecule has 14 heavy (non-hydrogen) atoms. The van der Waals surface area contributed by atoms with E-state index in [0.29, 0.717) is 8.58 Å². The highest BCUT2D eigenvalue weighted by atomic mass is 32.2. The molecule has 0 saturated carbocycles. The topological polar surface area (TPSA) is 34.1 Å². The lowest BCUT2D eigenvalue weighted by Gasteiger charge is -2.08. The smallest absolute Gasteiger partial charge is 0.240 e. The average molecular weight is 230 g/mol. The molecular formula is C10H15O2PS. The lowest BCUT2D eigenvalue weighted by molar-refractivity contribution is 1.10. The van der Waals surface area contributed by atoms with Crippen LogP contribution in [-0.2, 0) is 0 Å². The second-order valence-electron chi connectivity index (χ2n) is 3.14. The van der Waals surface area contributed by atoms with E-state index in [0.717, 1.165) is 35.0 Å². The van der Waals surface area contributed by atoms with Crippen LogP contribution in [-0.4, -0.2) is 11.9 Å². The summed E-state index contributed by atoms with van der Waals surface area (Å²) in [4.78, 5) is 23.2. The first-order valence-electron chi connectivity index (χ1n) is 4.92. The monoisotopic (exact) mass is 230 g/mol. The fourth-order valence-corrected chi connectivity index (χ4v) is 3.47. The molecule has 0 aromatic heterocycles. The number of thioether (sulfide) groups is 1. The second kappa shape index (κ2) is 5.67. The highest BCUT2D eigenvalue weighted by molar-refractivity contribution is 7.99. The molecule has 1 aromatic rings. The van der Waals surface area contributed by atoms with Gasteiger partial charge in [0.1, 0.15) is 0 Å². The van der Waals surface area contributed by atoms with Crippen molar-refractivity contribution in [2.75, 3.05) is 11.9 Å². The van der Waals surface area contributed by atoms with Crippen LogP contribution in [0.4, 0.5) is 0 Å². The Labute approximate surface area is 90.0 Å². The van der Waals surface area contributed by atoms with Crippen molar-refractivity contribution in [1.29, 1.82) is 0 Å². The molecule has 2 nitrogen and oxygen atoms in total. The van der Waals surface area contributed by atoms with Gasteiger partial charge in [0.25, 0.3) is 0 Å². The van der Waals surface area contributed by atoms with Crippen molar-refractivity contribution in [3.05, 3.63) is 20.4 Å². The SMILES string of the molecule is CCCPc1c(SCCC)c(=O)c1=O. The van der Waals surface area contributed by atoms with Crippen molar-refractivity contribution < 1.29 is 0 Å². The van der Waals surface area contributed by atoms with Gasteiger partial charge in [-0.25, -0.2) is 0 Å². The lowest BCUT2D eigenvalue weighted by atomic mass is 10.3. The minimum Gasteiger partial charge on any atom is -0.285 e. The number of hydrogen-bond acceptors (Lipinski definition) is 3. The molecule has 0 N–H and O–H groups in total. The highest BCUT2D eigenvalue weighted by Crippen LogP contribution is 2.20. The molecule has 1 aromatic carbocycles. The van der Waals surface area contributed by atoms with E-state index in [-0.39, 0.29) is 10.9 Å². The third kappa shape index (κ3) is 2.46. The molecule has 0 heterocycles. The first-order chi connectivity index (χ1) is 6.72. The van der Waals surface area contributed by atoms with Gasteiger partial charge in [-0.05, 0) is 18.3 Å². The summed E-state index contributed by atoms with van der Waals surface area (Å²) < 4.78 is 0. The van der Waals surface area contributed by atoms with E-state index in [4.69, 9.17) is 0 Å². The predicted octanol–water partition coefficient (Wildman–Crippen LogP) is 1.50. The first kappa shape index (κ1) is 11.9. The zero-order valence-electron chi connectivity index (χ0n) is 8.55. The lowest BCUT2D eigenvalue weighted by Crippen LogP contribution is -2.46. The minimum atomic E-state index is -0.248. The maximum Gasteiger partial charge on any atom is 0.240 e. The zero-order chi connectivity index (χ0) is 10.6. The minimum absolute atomic E-state index is 0.226. The van der Waals surface area contributed by atoms with Crippen molar-refractivity contribution in [2.45, 2.75) is 31.6 Å². The van der Waals surface area contributed by atoms with Gasteiger partial charge in [0.15, 0.2) is 0 Å². The quantitative estimate of drug-likeness (QED) is 0.422. The van der Waals surface area contributed by atoms with Crippen molar-refractivity contribution in [3.8, 4) is 0 Å². The molecule has 0 aliphatic heterocycles. The molecule has 0 radical (unpaired) electrons. The molecule has 0 aliphatic carbocycles. The van der Waals surface area contributed by atoms with E-state index in [1.165, 1.54) is 0 Å². The molecule has 0 fully saturated rings. The van der Waals surface area contributed by atoms with Gasteiger partial charge in [-0.3, -0.25) is 9.59 Å². The molecule has 78 valence electrons. The molecule has 0 bridgehead atoms. The Kier molecular flexibility index (Phi) is 4.83. The molecule has 4 heteroatoms. The van der Waals surface area contributed by atoms with Gasteiger partial charge in [0.05, 0.1) is 4.90 Å². The van der Waals surface area contributed by atoms with Gasteiger partial charge in [-0.1, -0.05) is 28.8 Å². The molecule has 1 atom stereocenters. The van der Waals surface area contributed by atoms with E-state index >= 15 is 0 Å².